The molecule has 116 valence electrons. The summed E-state index contributed by atoms with van der Waals surface area (Å²) in [5.41, 5.74) is 1.09. The lowest BCUT2D eigenvalue weighted by molar-refractivity contribution is 0.275. The Hall–Kier alpha value is -0.930. The number of nitrogens with one attached hydrogen (secondary N) is 1. The van der Waals surface area contributed by atoms with Crippen LogP contribution in [0.1, 0.15) is 37.7 Å². The highest BCUT2D eigenvalue weighted by Gasteiger charge is 2.25. The van der Waals surface area contributed by atoms with Crippen LogP contribution in [0.2, 0.25) is 5.02 Å². The average molecular weight is 310 g/mol. The van der Waals surface area contributed by atoms with Crippen molar-refractivity contribution in [1.82, 2.24) is 5.32 Å². The predicted octanol–water partition coefficient (Wildman–Crippen LogP) is 3.82. The van der Waals surface area contributed by atoms with Gasteiger partial charge < -0.3 is 14.8 Å². The molecule has 1 saturated carbocycles. The highest BCUT2D eigenvalue weighted by molar-refractivity contribution is 6.31. The van der Waals surface area contributed by atoms with Gasteiger partial charge in [-0.25, -0.2) is 0 Å². The van der Waals surface area contributed by atoms with Crippen LogP contribution in [0.4, 0.5) is 0 Å². The fourth-order valence-electron chi connectivity index (χ4n) is 2.92. The molecule has 0 bridgehead atoms. The van der Waals surface area contributed by atoms with Gasteiger partial charge in [0.15, 0.2) is 11.5 Å². The molecule has 1 heterocycles. The van der Waals surface area contributed by atoms with Crippen LogP contribution in [0.5, 0.6) is 11.5 Å². The van der Waals surface area contributed by atoms with Crippen LogP contribution in [0.25, 0.3) is 0 Å². The van der Waals surface area contributed by atoms with Gasteiger partial charge in [0.2, 0.25) is 0 Å². The Bertz CT molecular complexity index is 482. The molecule has 1 atom stereocenters. The second-order valence-corrected chi connectivity index (χ2v) is 6.57. The van der Waals surface area contributed by atoms with E-state index < -0.39 is 0 Å². The maximum absolute atomic E-state index is 6.45. The Balaban J connectivity index is 1.80. The first-order valence-electron chi connectivity index (χ1n) is 7.99. The molecular weight excluding hydrogens is 286 g/mol. The predicted molar refractivity (Wildman–Crippen MR) is 85.6 cm³/mol. The monoisotopic (exact) mass is 309 g/mol. The topological polar surface area (TPSA) is 30.5 Å². The minimum atomic E-state index is 0.492. The zero-order chi connectivity index (χ0) is 14.7. The number of hydrogen-bond donors (Lipinski definition) is 1. The Labute approximate surface area is 132 Å². The third kappa shape index (κ3) is 3.83. The molecule has 1 saturated heterocycles. The van der Waals surface area contributed by atoms with E-state index in [2.05, 4.69) is 5.32 Å². The van der Waals surface area contributed by atoms with Gasteiger partial charge in [0, 0.05) is 16.6 Å². The molecular formula is C17H24ClNO2. The van der Waals surface area contributed by atoms with Gasteiger partial charge in [-0.2, -0.15) is 0 Å². The number of benzene rings is 1. The van der Waals surface area contributed by atoms with Crippen molar-refractivity contribution in [3.8, 4) is 11.5 Å². The van der Waals surface area contributed by atoms with Crippen LogP contribution in [-0.2, 0) is 6.42 Å². The number of halogens is 1. The van der Waals surface area contributed by atoms with Gasteiger partial charge in [-0.05, 0) is 56.7 Å². The molecule has 4 heteroatoms. The standard InChI is InChI=1S/C17H24ClNO2/c1-20-16-8-7-15(18)14(10-13-4-2-3-9-19-13)17(16)21-11-12-5-6-12/h7-8,12-13,19H,2-6,9-11H2,1H3. The van der Waals surface area contributed by atoms with Crippen molar-refractivity contribution < 1.29 is 9.47 Å². The molecule has 2 aliphatic rings. The van der Waals surface area contributed by atoms with Gasteiger partial charge in [0.25, 0.3) is 0 Å². The van der Waals surface area contributed by atoms with Gasteiger partial charge in [-0.3, -0.25) is 0 Å². The maximum Gasteiger partial charge on any atom is 0.165 e. The molecule has 1 aliphatic carbocycles. The first kappa shape index (κ1) is 15.0. The van der Waals surface area contributed by atoms with Crippen molar-refractivity contribution in [3.63, 3.8) is 0 Å². The number of piperidine rings is 1. The summed E-state index contributed by atoms with van der Waals surface area (Å²) in [6.07, 6.45) is 7.24. The zero-order valence-electron chi connectivity index (χ0n) is 12.7. The summed E-state index contributed by atoms with van der Waals surface area (Å²) >= 11 is 6.45. The quantitative estimate of drug-likeness (QED) is 0.866. The van der Waals surface area contributed by atoms with E-state index in [-0.39, 0.29) is 0 Å². The van der Waals surface area contributed by atoms with Gasteiger partial charge in [0.05, 0.1) is 13.7 Å². The van der Waals surface area contributed by atoms with E-state index in [0.29, 0.717) is 12.0 Å². The minimum absolute atomic E-state index is 0.492. The summed E-state index contributed by atoms with van der Waals surface area (Å²) in [5.74, 6) is 2.37. The largest absolute Gasteiger partial charge is 0.493 e. The van der Waals surface area contributed by atoms with Crippen molar-refractivity contribution in [2.75, 3.05) is 20.3 Å². The molecule has 3 rings (SSSR count). The molecule has 1 aromatic carbocycles. The van der Waals surface area contributed by atoms with Crippen LogP contribution in [0.3, 0.4) is 0 Å². The third-order valence-corrected chi connectivity index (χ3v) is 4.76. The molecule has 3 nitrogen and oxygen atoms in total. The molecule has 1 aliphatic heterocycles. The Kier molecular flexibility index (Phi) is 4.91. The van der Waals surface area contributed by atoms with E-state index in [4.69, 9.17) is 21.1 Å². The van der Waals surface area contributed by atoms with Gasteiger partial charge >= 0.3 is 0 Å². The van der Waals surface area contributed by atoms with Crippen LogP contribution < -0.4 is 14.8 Å². The number of rotatable bonds is 6. The summed E-state index contributed by atoms with van der Waals surface area (Å²) in [5, 5.41) is 4.37. The summed E-state index contributed by atoms with van der Waals surface area (Å²) in [7, 11) is 1.69. The van der Waals surface area contributed by atoms with Crippen LogP contribution in [0, 0.1) is 5.92 Å². The number of hydrogen-bond acceptors (Lipinski definition) is 3. The molecule has 2 fully saturated rings. The van der Waals surface area contributed by atoms with Crippen LogP contribution in [0.15, 0.2) is 12.1 Å². The molecule has 21 heavy (non-hydrogen) atoms. The van der Waals surface area contributed by atoms with Crippen molar-refractivity contribution in [2.45, 2.75) is 44.6 Å². The summed E-state index contributed by atoms with van der Waals surface area (Å²) in [6.45, 7) is 1.88. The SMILES string of the molecule is COc1ccc(Cl)c(CC2CCCCN2)c1OCC1CC1. The van der Waals surface area contributed by atoms with Gasteiger partial charge in [-0.15, -0.1) is 0 Å². The molecule has 1 aromatic rings. The van der Waals surface area contributed by atoms with Crippen LogP contribution in [-0.4, -0.2) is 26.3 Å². The smallest absolute Gasteiger partial charge is 0.165 e. The van der Waals surface area contributed by atoms with E-state index in [0.717, 1.165) is 41.7 Å². The van der Waals surface area contributed by atoms with Crippen molar-refractivity contribution in [2.24, 2.45) is 5.92 Å². The maximum atomic E-state index is 6.45. The fourth-order valence-corrected chi connectivity index (χ4v) is 3.15. The van der Waals surface area contributed by atoms with Crippen molar-refractivity contribution >= 4 is 11.6 Å². The lowest BCUT2D eigenvalue weighted by Crippen LogP contribution is -2.35. The Morgan fingerprint density at radius 2 is 2.10 bits per heavy atom. The van der Waals surface area contributed by atoms with Crippen LogP contribution >= 0.6 is 11.6 Å². The molecule has 0 aromatic heterocycles. The number of methoxy groups -OCH3 is 1. The minimum Gasteiger partial charge on any atom is -0.493 e. The van der Waals surface area contributed by atoms with E-state index in [1.54, 1.807) is 7.11 Å². The summed E-state index contributed by atoms with van der Waals surface area (Å²) in [4.78, 5) is 0. The molecule has 0 spiro atoms. The van der Waals surface area contributed by atoms with Gasteiger partial charge in [0.1, 0.15) is 0 Å². The highest BCUT2D eigenvalue weighted by Crippen LogP contribution is 2.39. The third-order valence-electron chi connectivity index (χ3n) is 4.41. The normalized spacial score (nSPS) is 22.1. The van der Waals surface area contributed by atoms with E-state index in [1.807, 2.05) is 12.1 Å². The fraction of sp³-hybridized carbons (Fsp3) is 0.647. The molecule has 1 unspecified atom stereocenters. The lowest BCUT2D eigenvalue weighted by Gasteiger charge is -2.25. The second kappa shape index (κ2) is 6.89. The second-order valence-electron chi connectivity index (χ2n) is 6.16. The van der Waals surface area contributed by atoms with Crippen molar-refractivity contribution in [3.05, 3.63) is 22.7 Å². The molecule has 1 N–H and O–H groups in total. The van der Waals surface area contributed by atoms with Crippen molar-refractivity contribution in [1.29, 1.82) is 0 Å². The van der Waals surface area contributed by atoms with E-state index in [9.17, 15) is 0 Å². The van der Waals surface area contributed by atoms with E-state index >= 15 is 0 Å². The molecule has 0 radical (unpaired) electrons. The summed E-state index contributed by atoms with van der Waals surface area (Å²) in [6, 6.07) is 4.32. The summed E-state index contributed by atoms with van der Waals surface area (Å²) < 4.78 is 11.5. The van der Waals surface area contributed by atoms with E-state index in [1.165, 1.54) is 32.1 Å². The Morgan fingerprint density at radius 1 is 1.24 bits per heavy atom. The first-order chi connectivity index (χ1) is 10.3. The first-order valence-corrected chi connectivity index (χ1v) is 8.37. The zero-order valence-corrected chi connectivity index (χ0v) is 13.4. The highest BCUT2D eigenvalue weighted by atomic mass is 35.5. The van der Waals surface area contributed by atoms with Gasteiger partial charge in [-0.1, -0.05) is 18.0 Å². The Morgan fingerprint density at radius 3 is 2.76 bits per heavy atom. The molecule has 0 amide bonds. The number of ether oxygens (including phenoxy) is 2. The average Bonchev–Trinajstić information content (AvgIpc) is 3.33. The lowest BCUT2D eigenvalue weighted by atomic mass is 9.97.